The Morgan fingerprint density at radius 1 is 0.400 bits per heavy atom. The summed E-state index contributed by atoms with van der Waals surface area (Å²) in [4.78, 5) is 11.5. The van der Waals surface area contributed by atoms with Gasteiger partial charge in [0.2, 0.25) is 0 Å². The number of rotatable bonds is 8. The van der Waals surface area contributed by atoms with Gasteiger partial charge in [-0.2, -0.15) is 0 Å². The van der Waals surface area contributed by atoms with Gasteiger partial charge in [-0.05, 0) is 75.9 Å². The fourth-order valence-corrected chi connectivity index (χ4v) is 8.55. The van der Waals surface area contributed by atoms with E-state index in [-0.39, 0.29) is 11.8 Å². The summed E-state index contributed by atoms with van der Waals surface area (Å²) in [5, 5.41) is 3.02. The number of hydrogen-bond acceptors (Lipinski definition) is 2. The molecule has 0 saturated heterocycles. The zero-order chi connectivity index (χ0) is 37.3. The van der Waals surface area contributed by atoms with E-state index >= 15 is 0 Å². The van der Waals surface area contributed by atoms with Gasteiger partial charge in [-0.3, -0.25) is 0 Å². The second-order valence-corrected chi connectivity index (χ2v) is 14.7. The van der Waals surface area contributed by atoms with Gasteiger partial charge in [-0.1, -0.05) is 188 Å². The van der Waals surface area contributed by atoms with Gasteiger partial charge in [-0.25, -0.2) is 9.98 Å². The summed E-state index contributed by atoms with van der Waals surface area (Å²) in [6.45, 7) is 4.27. The number of halogens is 1. The van der Waals surface area contributed by atoms with Crippen molar-refractivity contribution in [2.45, 2.75) is 25.7 Å². The zero-order valence-electron chi connectivity index (χ0n) is 30.8. The lowest BCUT2D eigenvalue weighted by atomic mass is 9.79. The van der Waals surface area contributed by atoms with E-state index in [1.807, 2.05) is 0 Å². The van der Waals surface area contributed by atoms with E-state index in [2.05, 4.69) is 202 Å². The molecule has 0 amide bonds. The Bertz CT molecular complexity index is 2510. The Labute approximate surface area is 328 Å². The highest BCUT2D eigenvalue weighted by Crippen LogP contribution is 2.47. The highest BCUT2D eigenvalue weighted by molar-refractivity contribution is 6.61. The van der Waals surface area contributed by atoms with Crippen molar-refractivity contribution in [3.63, 3.8) is 0 Å². The minimum atomic E-state index is -0.148. The molecule has 3 heteroatoms. The minimum Gasteiger partial charge on any atom is -0.246 e. The van der Waals surface area contributed by atoms with Gasteiger partial charge < -0.3 is 0 Å². The quantitative estimate of drug-likeness (QED) is 0.139. The molecule has 264 valence electrons. The fraction of sp³-hybridized carbons (Fsp3) is 0.0769. The van der Waals surface area contributed by atoms with Crippen LogP contribution < -0.4 is 0 Å². The largest absolute Gasteiger partial charge is 0.246 e. The van der Waals surface area contributed by atoms with Gasteiger partial charge >= 0.3 is 0 Å². The second-order valence-electron chi connectivity index (χ2n) is 14.3. The maximum atomic E-state index is 7.31. The highest BCUT2D eigenvalue weighted by Gasteiger charge is 2.32. The molecule has 0 saturated carbocycles. The molecule has 0 spiro atoms. The molecule has 0 heterocycles. The Balaban J connectivity index is 1.42. The van der Waals surface area contributed by atoms with Crippen LogP contribution in [0.5, 0.6) is 0 Å². The summed E-state index contributed by atoms with van der Waals surface area (Å²) in [7, 11) is 0. The van der Waals surface area contributed by atoms with Crippen LogP contribution in [0.4, 0.5) is 11.4 Å². The molecule has 0 bridgehead atoms. The molecule has 0 aromatic heterocycles. The molecule has 1 aliphatic rings. The summed E-state index contributed by atoms with van der Waals surface area (Å²) in [6, 6.07) is 66.5. The van der Waals surface area contributed by atoms with Crippen molar-refractivity contribution in [2.75, 3.05) is 0 Å². The van der Waals surface area contributed by atoms with Crippen molar-refractivity contribution in [1.29, 1.82) is 0 Å². The van der Waals surface area contributed by atoms with Gasteiger partial charge in [0.25, 0.3) is 0 Å². The maximum absolute atomic E-state index is 7.31. The lowest BCUT2D eigenvalue weighted by Crippen LogP contribution is -2.13. The summed E-state index contributed by atoms with van der Waals surface area (Å²) in [5.41, 5.74) is 14.8. The summed E-state index contributed by atoms with van der Waals surface area (Å²) >= 11 is 7.31. The molecule has 2 nitrogen and oxygen atoms in total. The first-order valence-electron chi connectivity index (χ1n) is 18.8. The van der Waals surface area contributed by atoms with Crippen LogP contribution in [0.2, 0.25) is 5.02 Å². The molecule has 8 aromatic rings. The number of para-hydroxylation sites is 1. The molecule has 0 N–H and O–H groups in total. The topological polar surface area (TPSA) is 24.7 Å². The van der Waals surface area contributed by atoms with Crippen LogP contribution in [-0.4, -0.2) is 11.4 Å². The molecule has 9 rings (SSSR count). The normalized spacial score (nSPS) is 13.8. The standard InChI is InChI=1S/C52H39ClN2/c1-34-18-15-19-35(2)49(34)54-51-42-30-16-28-40-29-17-31-43(48(40)42)52(51)55-50-44(46(36-20-7-3-8-21-36)37-22-9-4-10-23-37)32-41(53)33-45(50)47(38-24-11-5-12-25-38)39-26-13-6-14-27-39/h3-33,46-47H,1-2H3. The van der Waals surface area contributed by atoms with Crippen LogP contribution in [0.1, 0.15) is 67.5 Å². The fourth-order valence-electron chi connectivity index (χ4n) is 8.32. The molecule has 0 aliphatic heterocycles. The average Bonchev–Trinajstić information content (AvgIpc) is 3.52. The van der Waals surface area contributed by atoms with Crippen LogP contribution in [0, 0.1) is 13.8 Å². The predicted octanol–water partition coefficient (Wildman–Crippen LogP) is 13.7. The first kappa shape index (κ1) is 34.4. The number of aliphatic imine (C=N–C) groups is 2. The van der Waals surface area contributed by atoms with Crippen molar-refractivity contribution >= 4 is 45.2 Å². The van der Waals surface area contributed by atoms with Crippen LogP contribution in [-0.2, 0) is 0 Å². The lowest BCUT2D eigenvalue weighted by molar-refractivity contribution is 0.939. The van der Waals surface area contributed by atoms with E-state index in [0.29, 0.717) is 5.02 Å². The van der Waals surface area contributed by atoms with Crippen molar-refractivity contribution < 1.29 is 0 Å². The molecule has 55 heavy (non-hydrogen) atoms. The van der Waals surface area contributed by atoms with Gasteiger partial charge in [0, 0.05) is 33.4 Å². The number of benzene rings is 8. The Morgan fingerprint density at radius 3 is 1.16 bits per heavy atom. The van der Waals surface area contributed by atoms with E-state index in [1.165, 1.54) is 33.0 Å². The number of hydrogen-bond donors (Lipinski definition) is 0. The molecule has 8 aromatic carbocycles. The van der Waals surface area contributed by atoms with Gasteiger partial charge in [-0.15, -0.1) is 0 Å². The molecular weight excluding hydrogens is 688 g/mol. The molecule has 0 unspecified atom stereocenters. The molecule has 0 radical (unpaired) electrons. The minimum absolute atomic E-state index is 0.148. The smallest absolute Gasteiger partial charge is 0.0979 e. The van der Waals surface area contributed by atoms with Crippen molar-refractivity contribution in [3.05, 3.63) is 249 Å². The van der Waals surface area contributed by atoms with E-state index in [9.17, 15) is 0 Å². The summed E-state index contributed by atoms with van der Waals surface area (Å²) in [5.74, 6) is -0.296. The van der Waals surface area contributed by atoms with Gasteiger partial charge in [0.15, 0.2) is 0 Å². The predicted molar refractivity (Wildman–Crippen MR) is 231 cm³/mol. The average molecular weight is 727 g/mol. The molecular formula is C52H39ClN2. The summed E-state index contributed by atoms with van der Waals surface area (Å²) in [6.07, 6.45) is 0. The lowest BCUT2D eigenvalue weighted by Gasteiger charge is -2.27. The third kappa shape index (κ3) is 6.49. The Kier molecular flexibility index (Phi) is 9.27. The third-order valence-electron chi connectivity index (χ3n) is 10.8. The summed E-state index contributed by atoms with van der Waals surface area (Å²) < 4.78 is 0. The third-order valence-corrected chi connectivity index (χ3v) is 11.0. The highest BCUT2D eigenvalue weighted by atomic mass is 35.5. The molecule has 1 aliphatic carbocycles. The molecule has 0 fully saturated rings. The zero-order valence-corrected chi connectivity index (χ0v) is 31.6. The van der Waals surface area contributed by atoms with Crippen molar-refractivity contribution in [1.82, 2.24) is 0 Å². The van der Waals surface area contributed by atoms with E-state index in [1.54, 1.807) is 0 Å². The van der Waals surface area contributed by atoms with E-state index < -0.39 is 0 Å². The van der Waals surface area contributed by atoms with Crippen LogP contribution in [0.25, 0.3) is 10.8 Å². The SMILES string of the molecule is Cc1cccc(C)c1N=C1C(=Nc2c(C(c3ccccc3)c3ccccc3)cc(Cl)cc2C(c2ccccc2)c2ccccc2)c2cccc3cccc1c23. The van der Waals surface area contributed by atoms with Crippen LogP contribution in [0.3, 0.4) is 0 Å². The number of aryl methyl sites for hydroxylation is 2. The second kappa shape index (κ2) is 14.8. The van der Waals surface area contributed by atoms with E-state index in [0.717, 1.165) is 56.2 Å². The Morgan fingerprint density at radius 2 is 0.764 bits per heavy atom. The monoisotopic (exact) mass is 726 g/mol. The van der Waals surface area contributed by atoms with Crippen molar-refractivity contribution in [3.8, 4) is 0 Å². The number of nitrogens with zero attached hydrogens (tertiary/aromatic N) is 2. The van der Waals surface area contributed by atoms with E-state index in [4.69, 9.17) is 21.6 Å². The van der Waals surface area contributed by atoms with Gasteiger partial charge in [0.05, 0.1) is 22.8 Å². The Hall–Kier alpha value is -6.35. The first-order chi connectivity index (χ1) is 27.0. The maximum Gasteiger partial charge on any atom is 0.0979 e. The first-order valence-corrected chi connectivity index (χ1v) is 19.2. The van der Waals surface area contributed by atoms with Gasteiger partial charge in [0.1, 0.15) is 0 Å². The van der Waals surface area contributed by atoms with Crippen LogP contribution in [0.15, 0.2) is 198 Å². The van der Waals surface area contributed by atoms with Crippen LogP contribution >= 0.6 is 11.6 Å². The van der Waals surface area contributed by atoms with Crippen molar-refractivity contribution in [2.24, 2.45) is 9.98 Å². The molecule has 0 atom stereocenters.